The Balaban J connectivity index is 1.60. The fourth-order valence-electron chi connectivity index (χ4n) is 3.16. The molecule has 3 aromatic carbocycles. The van der Waals surface area contributed by atoms with Crippen LogP contribution in [0.25, 0.3) is 22.4 Å². The number of carbonyl (C=O) groups excluding carboxylic acids is 1. The molecule has 2 N–H and O–H groups in total. The van der Waals surface area contributed by atoms with E-state index in [2.05, 4.69) is 15.5 Å². The molecule has 0 saturated heterocycles. The molecular weight excluding hydrogens is 390 g/mol. The molecule has 4 nitrogen and oxygen atoms in total. The molecule has 0 radical (unpaired) electrons. The van der Waals surface area contributed by atoms with Gasteiger partial charge in [0.25, 0.3) is 5.91 Å². The van der Waals surface area contributed by atoms with Crippen LogP contribution in [0.5, 0.6) is 0 Å². The second-order valence-corrected chi connectivity index (χ2v) is 7.56. The van der Waals surface area contributed by atoms with Gasteiger partial charge in [-0.1, -0.05) is 72.8 Å². The van der Waals surface area contributed by atoms with Crippen molar-refractivity contribution in [3.8, 4) is 22.4 Å². The van der Waals surface area contributed by atoms with Crippen molar-refractivity contribution < 1.29 is 4.79 Å². The zero-order chi connectivity index (χ0) is 20.8. The number of aromatic nitrogens is 1. The van der Waals surface area contributed by atoms with Gasteiger partial charge in [-0.05, 0) is 41.1 Å². The third-order valence-electron chi connectivity index (χ3n) is 4.71. The number of carbonyl (C=O) groups is 1. The first kappa shape index (κ1) is 19.7. The van der Waals surface area contributed by atoms with E-state index in [4.69, 9.17) is 0 Å². The lowest BCUT2D eigenvalue weighted by molar-refractivity contribution is 0.0951. The number of thioether (sulfide) groups is 1. The third-order valence-corrected chi connectivity index (χ3v) is 5.45. The van der Waals surface area contributed by atoms with Crippen LogP contribution >= 0.6 is 11.8 Å². The summed E-state index contributed by atoms with van der Waals surface area (Å²) in [6.07, 6.45) is 3.68. The van der Waals surface area contributed by atoms with Crippen LogP contribution in [0.3, 0.4) is 0 Å². The molecule has 0 atom stereocenters. The van der Waals surface area contributed by atoms with E-state index in [1.165, 1.54) is 4.90 Å². The Morgan fingerprint density at radius 2 is 1.53 bits per heavy atom. The highest BCUT2D eigenvalue weighted by molar-refractivity contribution is 7.98. The van der Waals surface area contributed by atoms with Gasteiger partial charge in [0.2, 0.25) is 0 Å². The molecule has 1 heterocycles. The van der Waals surface area contributed by atoms with Crippen molar-refractivity contribution in [1.29, 1.82) is 0 Å². The lowest BCUT2D eigenvalue weighted by Crippen LogP contribution is -2.18. The summed E-state index contributed by atoms with van der Waals surface area (Å²) in [6.45, 7) is 0. The summed E-state index contributed by atoms with van der Waals surface area (Å²) in [5.41, 5.74) is 7.76. The summed E-state index contributed by atoms with van der Waals surface area (Å²) in [7, 11) is 0. The maximum absolute atomic E-state index is 12.9. The molecule has 0 saturated carbocycles. The van der Waals surface area contributed by atoms with Crippen LogP contribution < -0.4 is 5.43 Å². The van der Waals surface area contributed by atoms with Crippen LogP contribution in [0.2, 0.25) is 0 Å². The Kier molecular flexibility index (Phi) is 6.11. The predicted octanol–water partition coefficient (Wildman–Crippen LogP) is 5.83. The van der Waals surface area contributed by atoms with Gasteiger partial charge in [-0.3, -0.25) is 4.79 Å². The molecule has 0 aliphatic rings. The summed E-state index contributed by atoms with van der Waals surface area (Å²) < 4.78 is 0. The molecule has 0 aliphatic carbocycles. The Labute approximate surface area is 180 Å². The molecule has 148 valence electrons. The van der Waals surface area contributed by atoms with Crippen LogP contribution in [0.15, 0.2) is 101 Å². The van der Waals surface area contributed by atoms with Crippen LogP contribution in [0, 0.1) is 0 Å². The summed E-state index contributed by atoms with van der Waals surface area (Å²) in [4.78, 5) is 17.4. The minimum absolute atomic E-state index is 0.284. The summed E-state index contributed by atoms with van der Waals surface area (Å²) in [5, 5.41) is 4.14. The highest BCUT2D eigenvalue weighted by atomic mass is 32.2. The van der Waals surface area contributed by atoms with Crippen molar-refractivity contribution in [2.24, 2.45) is 5.10 Å². The lowest BCUT2D eigenvalue weighted by atomic mass is 10.0. The van der Waals surface area contributed by atoms with Crippen molar-refractivity contribution in [2.45, 2.75) is 4.90 Å². The van der Waals surface area contributed by atoms with Crippen molar-refractivity contribution >= 4 is 23.9 Å². The molecule has 4 rings (SSSR count). The van der Waals surface area contributed by atoms with Gasteiger partial charge in [0, 0.05) is 16.2 Å². The first-order valence-corrected chi connectivity index (χ1v) is 10.8. The zero-order valence-corrected chi connectivity index (χ0v) is 17.3. The van der Waals surface area contributed by atoms with Crippen molar-refractivity contribution in [2.75, 3.05) is 6.26 Å². The minimum atomic E-state index is -0.284. The van der Waals surface area contributed by atoms with Gasteiger partial charge in [0.1, 0.15) is 5.69 Å². The number of aromatic amines is 1. The van der Waals surface area contributed by atoms with E-state index in [0.717, 1.165) is 27.9 Å². The highest BCUT2D eigenvalue weighted by Gasteiger charge is 2.17. The lowest BCUT2D eigenvalue weighted by Gasteiger charge is -2.03. The van der Waals surface area contributed by atoms with Crippen molar-refractivity contribution in [3.05, 3.63) is 102 Å². The fraction of sp³-hybridized carbons (Fsp3) is 0.0400. The second-order valence-electron chi connectivity index (χ2n) is 6.68. The van der Waals surface area contributed by atoms with Crippen LogP contribution in [-0.2, 0) is 0 Å². The highest BCUT2D eigenvalue weighted by Crippen LogP contribution is 2.29. The van der Waals surface area contributed by atoms with Gasteiger partial charge in [-0.2, -0.15) is 5.10 Å². The van der Waals surface area contributed by atoms with Gasteiger partial charge in [0.15, 0.2) is 0 Å². The van der Waals surface area contributed by atoms with Gasteiger partial charge < -0.3 is 4.98 Å². The predicted molar refractivity (Wildman–Crippen MR) is 125 cm³/mol. The van der Waals surface area contributed by atoms with Gasteiger partial charge in [-0.15, -0.1) is 11.8 Å². The maximum atomic E-state index is 12.9. The molecule has 5 heteroatoms. The van der Waals surface area contributed by atoms with E-state index in [0.29, 0.717) is 5.69 Å². The largest absolute Gasteiger partial charge is 0.350 e. The standard InChI is InChI=1S/C25H21N3OS/c1-30-21-14-12-18(13-15-21)17-26-28-25(29)24-22(19-8-4-2-5-9-19)16-23(27-24)20-10-6-3-7-11-20/h2-17,27H,1H3,(H,28,29). The van der Waals surface area contributed by atoms with E-state index < -0.39 is 0 Å². The quantitative estimate of drug-likeness (QED) is 0.238. The number of amides is 1. The Bertz CT molecular complexity index is 1150. The van der Waals surface area contributed by atoms with Gasteiger partial charge in [-0.25, -0.2) is 5.43 Å². The number of benzene rings is 3. The number of hydrogen-bond donors (Lipinski definition) is 2. The number of H-pyrrole nitrogens is 1. The fourth-order valence-corrected chi connectivity index (χ4v) is 3.57. The van der Waals surface area contributed by atoms with Crippen LogP contribution in [0.4, 0.5) is 0 Å². The van der Waals surface area contributed by atoms with Gasteiger partial charge >= 0.3 is 0 Å². The molecule has 0 spiro atoms. The number of hydrogen-bond acceptors (Lipinski definition) is 3. The first-order valence-electron chi connectivity index (χ1n) is 9.56. The monoisotopic (exact) mass is 411 g/mol. The van der Waals surface area contributed by atoms with Gasteiger partial charge in [0.05, 0.1) is 6.21 Å². The van der Waals surface area contributed by atoms with E-state index in [-0.39, 0.29) is 5.91 Å². The van der Waals surface area contributed by atoms with Crippen molar-refractivity contribution in [3.63, 3.8) is 0 Å². The molecule has 1 aromatic heterocycles. The number of nitrogens with zero attached hydrogens (tertiary/aromatic N) is 1. The molecular formula is C25H21N3OS. The number of hydrazone groups is 1. The van der Waals surface area contributed by atoms with E-state index in [9.17, 15) is 4.79 Å². The Hall–Kier alpha value is -3.57. The first-order chi connectivity index (χ1) is 14.7. The van der Waals surface area contributed by atoms with Crippen LogP contribution in [0.1, 0.15) is 16.1 Å². The zero-order valence-electron chi connectivity index (χ0n) is 16.5. The smallest absolute Gasteiger partial charge is 0.288 e. The minimum Gasteiger partial charge on any atom is -0.350 e. The van der Waals surface area contributed by atoms with E-state index in [1.54, 1.807) is 18.0 Å². The Morgan fingerprint density at radius 1 is 0.900 bits per heavy atom. The van der Waals surface area contributed by atoms with E-state index >= 15 is 0 Å². The molecule has 4 aromatic rings. The topological polar surface area (TPSA) is 57.2 Å². The molecule has 0 bridgehead atoms. The summed E-state index contributed by atoms with van der Waals surface area (Å²) in [5.74, 6) is -0.284. The molecule has 0 fully saturated rings. The van der Waals surface area contributed by atoms with Crippen LogP contribution in [-0.4, -0.2) is 23.4 Å². The third kappa shape index (κ3) is 4.53. The SMILES string of the molecule is CSc1ccc(C=NNC(=O)c2[nH]c(-c3ccccc3)cc2-c2ccccc2)cc1. The number of nitrogens with one attached hydrogen (secondary N) is 2. The summed E-state index contributed by atoms with van der Waals surface area (Å²) >= 11 is 1.69. The normalized spacial score (nSPS) is 11.0. The maximum Gasteiger partial charge on any atom is 0.288 e. The molecule has 0 unspecified atom stereocenters. The molecule has 0 aliphatic heterocycles. The van der Waals surface area contributed by atoms with Crippen molar-refractivity contribution in [1.82, 2.24) is 10.4 Å². The van der Waals surface area contributed by atoms with E-state index in [1.807, 2.05) is 97.3 Å². The average Bonchev–Trinajstić information content (AvgIpc) is 3.26. The molecule has 1 amide bonds. The number of rotatable bonds is 6. The average molecular weight is 412 g/mol. The molecule has 30 heavy (non-hydrogen) atoms. The second kappa shape index (κ2) is 9.29. The summed E-state index contributed by atoms with van der Waals surface area (Å²) in [6, 6.07) is 29.8. The Morgan fingerprint density at radius 3 is 2.17 bits per heavy atom.